The Morgan fingerprint density at radius 2 is 2.08 bits per heavy atom. The van der Waals surface area contributed by atoms with Crippen molar-refractivity contribution >= 4 is 34.6 Å². The number of para-hydroxylation sites is 2. The van der Waals surface area contributed by atoms with E-state index in [9.17, 15) is 0 Å². The van der Waals surface area contributed by atoms with Crippen molar-refractivity contribution in [2.45, 2.75) is 50.5 Å². The number of hydrogen-bond acceptors (Lipinski definition) is 4. The van der Waals surface area contributed by atoms with Crippen LogP contribution >= 0.6 is 23.5 Å². The van der Waals surface area contributed by atoms with Crippen LogP contribution in [0, 0.1) is 6.92 Å². The van der Waals surface area contributed by atoms with Crippen molar-refractivity contribution in [1.82, 2.24) is 14.1 Å². The summed E-state index contributed by atoms with van der Waals surface area (Å²) in [4.78, 5) is 9.10. The Balaban J connectivity index is 1.75. The summed E-state index contributed by atoms with van der Waals surface area (Å²) in [5.74, 6) is 2.37. The molecule has 1 unspecified atom stereocenters. The maximum Gasteiger partial charge on any atom is 0.135 e. The van der Waals surface area contributed by atoms with Gasteiger partial charge in [-0.15, -0.1) is 0 Å². The zero-order chi connectivity index (χ0) is 17.8. The summed E-state index contributed by atoms with van der Waals surface area (Å²) < 4.78 is 7.68. The van der Waals surface area contributed by atoms with Crippen molar-refractivity contribution in [3.8, 4) is 5.75 Å². The Hall–Kier alpha value is -1.72. The largest absolute Gasteiger partial charge is 0.490 e. The number of benzene rings is 1. The molecular weight excluding hydrogens is 354 g/mol. The fraction of sp³-hybridized carbons (Fsp3) is 0.368. The van der Waals surface area contributed by atoms with Gasteiger partial charge in [0.25, 0.3) is 0 Å². The lowest BCUT2D eigenvalue weighted by Crippen LogP contribution is -2.12. The van der Waals surface area contributed by atoms with Crippen LogP contribution in [0.1, 0.15) is 38.1 Å². The minimum absolute atomic E-state index is 0.205. The van der Waals surface area contributed by atoms with Crippen LogP contribution in [-0.4, -0.2) is 20.2 Å². The fourth-order valence-electron chi connectivity index (χ4n) is 2.72. The molecule has 0 bridgehead atoms. The number of pyridine rings is 1. The highest BCUT2D eigenvalue weighted by molar-refractivity contribution is 7.98. The number of halogens is 1. The highest BCUT2D eigenvalue weighted by Gasteiger charge is 2.13. The van der Waals surface area contributed by atoms with Crippen LogP contribution in [-0.2, 0) is 5.75 Å². The molecule has 1 atom stereocenters. The van der Waals surface area contributed by atoms with E-state index in [2.05, 4.69) is 23.8 Å². The summed E-state index contributed by atoms with van der Waals surface area (Å²) in [7, 11) is 0. The zero-order valence-electron chi connectivity index (χ0n) is 14.7. The molecule has 0 saturated carbocycles. The molecule has 0 amide bonds. The van der Waals surface area contributed by atoms with E-state index >= 15 is 0 Å². The maximum atomic E-state index is 6.39. The van der Waals surface area contributed by atoms with Crippen LogP contribution in [0.5, 0.6) is 5.75 Å². The van der Waals surface area contributed by atoms with Gasteiger partial charge in [0.1, 0.15) is 16.6 Å². The SMILES string of the molecule is CCCC(C)Oc1ccnc(SCc2nc3ccccc3n2Cl)c1C. The first-order chi connectivity index (χ1) is 12.1. The number of fused-ring (bicyclic) bond motifs is 1. The predicted octanol–water partition coefficient (Wildman–Crippen LogP) is 5.60. The molecule has 0 aliphatic carbocycles. The maximum absolute atomic E-state index is 6.39. The lowest BCUT2D eigenvalue weighted by Gasteiger charge is -2.16. The molecule has 2 heterocycles. The quantitative estimate of drug-likeness (QED) is 0.504. The van der Waals surface area contributed by atoms with E-state index in [-0.39, 0.29) is 6.10 Å². The average Bonchev–Trinajstić information content (AvgIpc) is 2.92. The Labute approximate surface area is 157 Å². The first-order valence-corrected chi connectivity index (χ1v) is 9.80. The van der Waals surface area contributed by atoms with Crippen LogP contribution < -0.4 is 4.74 Å². The third kappa shape index (κ3) is 4.10. The average molecular weight is 376 g/mol. The van der Waals surface area contributed by atoms with Gasteiger partial charge >= 0.3 is 0 Å². The molecule has 0 N–H and O–H groups in total. The molecule has 0 aliphatic heterocycles. The summed E-state index contributed by atoms with van der Waals surface area (Å²) in [5.41, 5.74) is 2.89. The van der Waals surface area contributed by atoms with Crippen LogP contribution in [0.15, 0.2) is 41.6 Å². The summed E-state index contributed by atoms with van der Waals surface area (Å²) in [6.45, 7) is 6.32. The molecular formula is C19H22ClN3OS. The molecule has 25 heavy (non-hydrogen) atoms. The number of ether oxygens (including phenoxy) is 1. The molecule has 0 aliphatic rings. The first kappa shape index (κ1) is 18.1. The first-order valence-electron chi connectivity index (χ1n) is 8.47. The number of hydrogen-bond donors (Lipinski definition) is 0. The van der Waals surface area contributed by atoms with Gasteiger partial charge in [-0.05, 0) is 38.5 Å². The standard InChI is InChI=1S/C19H22ClN3OS/c1-4-7-13(2)24-17-10-11-21-19(14(17)3)25-12-18-22-15-8-5-6-9-16(15)23(18)20/h5-6,8-11,13H,4,7,12H2,1-3H3. The third-order valence-corrected chi connectivity index (χ3v) is 5.50. The fourth-order valence-corrected chi connectivity index (χ4v) is 3.95. The highest BCUT2D eigenvalue weighted by atomic mass is 35.5. The van der Waals surface area contributed by atoms with E-state index < -0.39 is 0 Å². The van der Waals surface area contributed by atoms with Gasteiger partial charge in [0.2, 0.25) is 0 Å². The molecule has 0 radical (unpaired) electrons. The Morgan fingerprint density at radius 1 is 1.28 bits per heavy atom. The normalized spacial score (nSPS) is 12.5. The van der Waals surface area contributed by atoms with Crippen molar-refractivity contribution in [3.05, 3.63) is 47.9 Å². The molecule has 2 aromatic heterocycles. The molecule has 3 aromatic rings. The van der Waals surface area contributed by atoms with Gasteiger partial charge < -0.3 is 4.74 Å². The van der Waals surface area contributed by atoms with Crippen LogP contribution in [0.4, 0.5) is 0 Å². The second-order valence-corrected chi connectivity index (χ2v) is 7.34. The minimum Gasteiger partial charge on any atom is -0.490 e. The Kier molecular flexibility index (Phi) is 5.86. The highest BCUT2D eigenvalue weighted by Crippen LogP contribution is 2.31. The van der Waals surface area contributed by atoms with Crippen molar-refractivity contribution in [2.75, 3.05) is 0 Å². The van der Waals surface area contributed by atoms with E-state index in [0.29, 0.717) is 5.75 Å². The third-order valence-electron chi connectivity index (χ3n) is 4.04. The Bertz CT molecular complexity index is 865. The summed E-state index contributed by atoms with van der Waals surface area (Å²) in [6.07, 6.45) is 4.16. The van der Waals surface area contributed by atoms with Crippen LogP contribution in [0.25, 0.3) is 11.0 Å². The molecule has 0 spiro atoms. The molecule has 0 saturated heterocycles. The van der Waals surface area contributed by atoms with E-state index in [0.717, 1.165) is 46.0 Å². The van der Waals surface area contributed by atoms with Gasteiger partial charge in [-0.25, -0.2) is 14.1 Å². The van der Waals surface area contributed by atoms with Crippen molar-refractivity contribution in [3.63, 3.8) is 0 Å². The predicted molar refractivity (Wildman–Crippen MR) is 105 cm³/mol. The van der Waals surface area contributed by atoms with E-state index in [1.807, 2.05) is 37.3 Å². The molecule has 4 nitrogen and oxygen atoms in total. The number of nitrogens with zero attached hydrogens (tertiary/aromatic N) is 3. The second-order valence-electron chi connectivity index (χ2n) is 6.04. The van der Waals surface area contributed by atoms with Gasteiger partial charge in [0.15, 0.2) is 0 Å². The molecule has 6 heteroatoms. The number of imidazole rings is 1. The minimum atomic E-state index is 0.205. The Morgan fingerprint density at radius 3 is 2.84 bits per heavy atom. The van der Waals surface area contributed by atoms with Gasteiger partial charge in [0, 0.05) is 23.5 Å². The lowest BCUT2D eigenvalue weighted by molar-refractivity contribution is 0.207. The summed E-state index contributed by atoms with van der Waals surface area (Å²) in [6, 6.07) is 9.80. The molecule has 1 aromatic carbocycles. The smallest absolute Gasteiger partial charge is 0.135 e. The van der Waals surface area contributed by atoms with Crippen LogP contribution in [0.3, 0.4) is 0 Å². The molecule has 132 valence electrons. The van der Waals surface area contributed by atoms with Gasteiger partial charge in [0.05, 0.1) is 22.9 Å². The van der Waals surface area contributed by atoms with E-state index in [1.165, 1.54) is 0 Å². The van der Waals surface area contributed by atoms with Crippen molar-refractivity contribution in [2.24, 2.45) is 0 Å². The van der Waals surface area contributed by atoms with Crippen LogP contribution in [0.2, 0.25) is 0 Å². The second kappa shape index (κ2) is 8.11. The molecule has 3 rings (SSSR count). The summed E-state index contributed by atoms with van der Waals surface area (Å²) >= 11 is 8.02. The molecule has 0 fully saturated rings. The number of aromatic nitrogens is 3. The van der Waals surface area contributed by atoms with Crippen molar-refractivity contribution in [1.29, 1.82) is 0 Å². The van der Waals surface area contributed by atoms with Gasteiger partial charge in [-0.1, -0.05) is 37.2 Å². The summed E-state index contributed by atoms with van der Waals surface area (Å²) in [5, 5.41) is 0.949. The van der Waals surface area contributed by atoms with Gasteiger partial charge in [-0.3, -0.25) is 0 Å². The van der Waals surface area contributed by atoms with E-state index in [4.69, 9.17) is 16.5 Å². The van der Waals surface area contributed by atoms with Crippen molar-refractivity contribution < 1.29 is 4.74 Å². The number of thioether (sulfide) groups is 1. The lowest BCUT2D eigenvalue weighted by atomic mass is 10.2. The number of rotatable bonds is 7. The topological polar surface area (TPSA) is 39.9 Å². The van der Waals surface area contributed by atoms with E-state index in [1.54, 1.807) is 22.0 Å². The monoisotopic (exact) mass is 375 g/mol. The zero-order valence-corrected chi connectivity index (χ0v) is 16.3. The van der Waals surface area contributed by atoms with Gasteiger partial charge in [-0.2, -0.15) is 0 Å².